The first-order valence-electron chi connectivity index (χ1n) is 9.73. The van der Waals surface area contributed by atoms with Crippen molar-refractivity contribution in [1.29, 1.82) is 0 Å². The Morgan fingerprint density at radius 3 is 2.37 bits per heavy atom. The lowest BCUT2D eigenvalue weighted by atomic mass is 9.80. The zero-order chi connectivity index (χ0) is 19.7. The molecule has 0 aromatic heterocycles. The largest absolute Gasteiger partial charge is 0.480 e. The van der Waals surface area contributed by atoms with Crippen molar-refractivity contribution in [3.63, 3.8) is 0 Å². The van der Waals surface area contributed by atoms with Gasteiger partial charge in [0, 0.05) is 31.2 Å². The number of hydrogen-bond donors (Lipinski definition) is 2. The van der Waals surface area contributed by atoms with Crippen molar-refractivity contribution in [2.45, 2.75) is 64.0 Å². The minimum Gasteiger partial charge on any atom is -0.480 e. The molecule has 4 atom stereocenters. The average Bonchev–Trinajstić information content (AvgIpc) is 3.38. The highest BCUT2D eigenvalue weighted by molar-refractivity contribution is 5.92. The number of alkyl halides is 2. The summed E-state index contributed by atoms with van der Waals surface area (Å²) in [5.41, 5.74) is -0.0907. The van der Waals surface area contributed by atoms with E-state index >= 15 is 0 Å². The molecule has 27 heavy (non-hydrogen) atoms. The van der Waals surface area contributed by atoms with Crippen molar-refractivity contribution in [1.82, 2.24) is 10.2 Å². The van der Waals surface area contributed by atoms with Gasteiger partial charge in [0.05, 0.1) is 0 Å². The first-order chi connectivity index (χ1) is 12.5. The molecule has 1 unspecified atom stereocenters. The van der Waals surface area contributed by atoms with Crippen LogP contribution in [0.5, 0.6) is 0 Å². The fourth-order valence-corrected chi connectivity index (χ4v) is 5.04. The van der Waals surface area contributed by atoms with Gasteiger partial charge in [0.25, 0.3) is 0 Å². The Kier molecular flexibility index (Phi) is 4.06. The molecule has 3 saturated carbocycles. The predicted molar refractivity (Wildman–Crippen MR) is 90.8 cm³/mol. The number of fused-ring (bicyclic) bond motifs is 1. The van der Waals surface area contributed by atoms with Gasteiger partial charge in [-0.2, -0.15) is 0 Å². The molecular formula is C19H26F2N2O4. The van der Waals surface area contributed by atoms with Crippen molar-refractivity contribution >= 4 is 17.8 Å². The number of rotatable bonds is 6. The number of likely N-dealkylation sites (tertiary alicyclic amines) is 1. The Morgan fingerprint density at radius 2 is 1.85 bits per heavy atom. The summed E-state index contributed by atoms with van der Waals surface area (Å²) in [6, 6.07) is -1.69. The standard InChI is InChI=1S/C19H26F2N2O4/c1-18(2)11-8-23(14(13(11)18)17(26)27)16(25)12(5-9-3-4-9)22-15(24)10-6-19(20,21)7-10/h9-14H,3-8H2,1-2H3,(H,22,24)(H,26,27)/t11-,12?,13-,14-/m0/s1. The fourth-order valence-electron chi connectivity index (χ4n) is 5.04. The van der Waals surface area contributed by atoms with E-state index < -0.39 is 48.6 Å². The molecule has 2 amide bonds. The van der Waals surface area contributed by atoms with Crippen LogP contribution < -0.4 is 5.32 Å². The zero-order valence-corrected chi connectivity index (χ0v) is 15.6. The van der Waals surface area contributed by atoms with Crippen molar-refractivity contribution in [2.75, 3.05) is 6.54 Å². The Hall–Kier alpha value is -1.73. The predicted octanol–water partition coefficient (Wildman–Crippen LogP) is 1.88. The Labute approximate surface area is 156 Å². The third-order valence-corrected chi connectivity index (χ3v) is 7.09. The number of halogens is 2. The van der Waals surface area contributed by atoms with Gasteiger partial charge >= 0.3 is 5.97 Å². The van der Waals surface area contributed by atoms with E-state index in [9.17, 15) is 28.3 Å². The monoisotopic (exact) mass is 384 g/mol. The van der Waals surface area contributed by atoms with Gasteiger partial charge in [-0.15, -0.1) is 0 Å². The van der Waals surface area contributed by atoms with Crippen LogP contribution in [0.1, 0.15) is 46.0 Å². The van der Waals surface area contributed by atoms with E-state index in [4.69, 9.17) is 0 Å². The zero-order valence-electron chi connectivity index (χ0n) is 15.6. The molecule has 0 spiro atoms. The van der Waals surface area contributed by atoms with Crippen LogP contribution in [0, 0.1) is 29.1 Å². The van der Waals surface area contributed by atoms with Gasteiger partial charge in [-0.25, -0.2) is 13.6 Å². The number of amides is 2. The van der Waals surface area contributed by atoms with Crippen molar-refractivity contribution in [2.24, 2.45) is 29.1 Å². The quantitative estimate of drug-likeness (QED) is 0.732. The van der Waals surface area contributed by atoms with Gasteiger partial charge in [0.2, 0.25) is 17.7 Å². The molecule has 3 aliphatic carbocycles. The molecule has 2 N–H and O–H groups in total. The average molecular weight is 384 g/mol. The second-order valence-corrected chi connectivity index (χ2v) is 9.43. The van der Waals surface area contributed by atoms with Crippen LogP contribution in [0.2, 0.25) is 0 Å². The number of carbonyl (C=O) groups is 3. The van der Waals surface area contributed by atoms with E-state index in [1.165, 1.54) is 4.90 Å². The van der Waals surface area contributed by atoms with E-state index in [1.54, 1.807) is 0 Å². The molecule has 8 heteroatoms. The lowest BCUT2D eigenvalue weighted by Gasteiger charge is -2.36. The number of carboxylic acids is 1. The second kappa shape index (κ2) is 5.88. The number of carboxylic acid groups (broad SMARTS) is 1. The van der Waals surface area contributed by atoms with Crippen LogP contribution in [0.4, 0.5) is 8.78 Å². The van der Waals surface area contributed by atoms with Crippen LogP contribution in [0.3, 0.4) is 0 Å². The Balaban J connectivity index is 1.45. The van der Waals surface area contributed by atoms with E-state index in [0.717, 1.165) is 12.8 Å². The third kappa shape index (κ3) is 3.21. The molecule has 4 fully saturated rings. The second-order valence-electron chi connectivity index (χ2n) is 9.43. The normalized spacial score (nSPS) is 34.4. The molecule has 4 aliphatic rings. The first-order valence-corrected chi connectivity index (χ1v) is 9.73. The Morgan fingerprint density at radius 1 is 1.22 bits per heavy atom. The van der Waals surface area contributed by atoms with Crippen LogP contribution in [-0.4, -0.2) is 52.3 Å². The molecule has 0 aromatic carbocycles. The molecule has 1 saturated heterocycles. The molecule has 4 rings (SSSR count). The summed E-state index contributed by atoms with van der Waals surface area (Å²) in [7, 11) is 0. The molecule has 1 heterocycles. The molecule has 150 valence electrons. The maximum Gasteiger partial charge on any atom is 0.326 e. The SMILES string of the molecule is CC1(C)[C@@H]2[C@@H](C(=O)O)N(C(=O)C(CC3CC3)NC(=O)C3CC(F)(F)C3)C[C@@H]21. The number of piperidine rings is 1. The summed E-state index contributed by atoms with van der Waals surface area (Å²) in [6.07, 6.45) is 1.44. The first kappa shape index (κ1) is 18.6. The van der Waals surface area contributed by atoms with Gasteiger partial charge in [-0.3, -0.25) is 9.59 Å². The summed E-state index contributed by atoms with van der Waals surface area (Å²) >= 11 is 0. The molecule has 1 aliphatic heterocycles. The summed E-state index contributed by atoms with van der Waals surface area (Å²) in [5, 5.41) is 12.3. The number of nitrogens with zero attached hydrogens (tertiary/aromatic N) is 1. The Bertz CT molecular complexity index is 683. The minimum absolute atomic E-state index is 0.0680. The van der Waals surface area contributed by atoms with Crippen LogP contribution >= 0.6 is 0 Å². The van der Waals surface area contributed by atoms with E-state index in [-0.39, 0.29) is 23.2 Å². The highest BCUT2D eigenvalue weighted by Crippen LogP contribution is 2.65. The van der Waals surface area contributed by atoms with Gasteiger partial charge in [-0.1, -0.05) is 26.7 Å². The molecule has 6 nitrogen and oxygen atoms in total. The molecule has 0 radical (unpaired) electrons. The van der Waals surface area contributed by atoms with Crippen molar-refractivity contribution in [3.05, 3.63) is 0 Å². The van der Waals surface area contributed by atoms with Crippen LogP contribution in [0.25, 0.3) is 0 Å². The van der Waals surface area contributed by atoms with Gasteiger partial charge < -0.3 is 15.3 Å². The van der Waals surface area contributed by atoms with Gasteiger partial charge in [0.15, 0.2) is 0 Å². The molecular weight excluding hydrogens is 358 g/mol. The summed E-state index contributed by atoms with van der Waals surface area (Å²) in [6.45, 7) is 4.41. The smallest absolute Gasteiger partial charge is 0.326 e. The summed E-state index contributed by atoms with van der Waals surface area (Å²) < 4.78 is 26.1. The van der Waals surface area contributed by atoms with E-state index in [2.05, 4.69) is 5.32 Å². The number of nitrogens with one attached hydrogen (secondary N) is 1. The summed E-state index contributed by atoms with van der Waals surface area (Å²) in [5.74, 6) is -5.06. The lowest BCUT2D eigenvalue weighted by Crippen LogP contribution is -2.56. The van der Waals surface area contributed by atoms with Crippen LogP contribution in [0.15, 0.2) is 0 Å². The molecule has 0 aromatic rings. The van der Waals surface area contributed by atoms with Gasteiger partial charge in [0.1, 0.15) is 12.1 Å². The third-order valence-electron chi connectivity index (χ3n) is 7.09. The van der Waals surface area contributed by atoms with E-state index in [1.807, 2.05) is 13.8 Å². The number of hydrogen-bond acceptors (Lipinski definition) is 3. The topological polar surface area (TPSA) is 86.7 Å². The van der Waals surface area contributed by atoms with Gasteiger partial charge in [-0.05, 0) is 23.7 Å². The van der Waals surface area contributed by atoms with Crippen LogP contribution in [-0.2, 0) is 14.4 Å². The highest BCUT2D eigenvalue weighted by atomic mass is 19.3. The van der Waals surface area contributed by atoms with E-state index in [0.29, 0.717) is 18.9 Å². The fraction of sp³-hybridized carbons (Fsp3) is 0.842. The maximum absolute atomic E-state index is 13.1. The minimum atomic E-state index is -2.80. The number of carbonyl (C=O) groups excluding carboxylic acids is 2. The van der Waals surface area contributed by atoms with Crippen molar-refractivity contribution in [3.8, 4) is 0 Å². The lowest BCUT2D eigenvalue weighted by molar-refractivity contribution is -0.155. The highest BCUT2D eigenvalue weighted by Gasteiger charge is 2.69. The van der Waals surface area contributed by atoms with Crippen molar-refractivity contribution < 1.29 is 28.3 Å². The number of aliphatic carboxylic acids is 1. The molecule has 0 bridgehead atoms. The maximum atomic E-state index is 13.1. The summed E-state index contributed by atoms with van der Waals surface area (Å²) in [4.78, 5) is 38.6.